The fourth-order valence-electron chi connectivity index (χ4n) is 0.702. The Kier molecular flexibility index (Phi) is 3.19. The predicted octanol–water partition coefficient (Wildman–Crippen LogP) is 0.705. The molecule has 1 rings (SSSR count). The van der Waals surface area contributed by atoms with Gasteiger partial charge in [0.2, 0.25) is 5.91 Å². The number of hydrogen-bond donors (Lipinski definition) is 0. The molecule has 0 N–H and O–H groups in total. The van der Waals surface area contributed by atoms with Crippen LogP contribution in [0, 0.1) is 0 Å². The van der Waals surface area contributed by atoms with Crippen LogP contribution in [0.25, 0.3) is 0 Å². The van der Waals surface area contributed by atoms with Gasteiger partial charge in [-0.2, -0.15) is 0 Å². The highest BCUT2D eigenvalue weighted by Gasteiger charge is 2.08. The Hall–Kier alpha value is -0.940. The summed E-state index contributed by atoms with van der Waals surface area (Å²) < 4.78 is 3.89. The SMILES string of the molecule is CON(C)C(=O)Cc1cnsc1. The number of carbonyl (C=O) groups excluding carboxylic acids is 1. The Balaban J connectivity index is 2.47. The number of hydrogen-bond acceptors (Lipinski definition) is 4. The number of hydroxylamine groups is 2. The third-order valence-electron chi connectivity index (χ3n) is 1.46. The van der Waals surface area contributed by atoms with E-state index in [9.17, 15) is 4.79 Å². The van der Waals surface area contributed by atoms with Crippen molar-refractivity contribution in [2.24, 2.45) is 0 Å². The van der Waals surface area contributed by atoms with Gasteiger partial charge in [-0.1, -0.05) is 0 Å². The smallest absolute Gasteiger partial charge is 0.250 e. The highest BCUT2D eigenvalue weighted by Crippen LogP contribution is 2.03. The van der Waals surface area contributed by atoms with Crippen molar-refractivity contribution in [3.05, 3.63) is 17.1 Å². The maximum atomic E-state index is 11.2. The van der Waals surface area contributed by atoms with E-state index in [2.05, 4.69) is 4.37 Å². The molecule has 0 aliphatic rings. The molecule has 5 heteroatoms. The third-order valence-corrected chi connectivity index (χ3v) is 2.10. The van der Waals surface area contributed by atoms with Crippen molar-refractivity contribution < 1.29 is 9.63 Å². The third kappa shape index (κ3) is 2.28. The maximum absolute atomic E-state index is 11.2. The first-order valence-electron chi connectivity index (χ1n) is 3.43. The molecule has 0 aromatic carbocycles. The summed E-state index contributed by atoms with van der Waals surface area (Å²) >= 11 is 1.34. The minimum atomic E-state index is -0.0716. The van der Waals surface area contributed by atoms with Gasteiger partial charge in [-0.05, 0) is 17.1 Å². The molecule has 12 heavy (non-hydrogen) atoms. The molecule has 0 unspecified atom stereocenters. The Morgan fingerprint density at radius 3 is 3.08 bits per heavy atom. The molecule has 0 atom stereocenters. The van der Waals surface area contributed by atoms with E-state index in [-0.39, 0.29) is 5.91 Å². The van der Waals surface area contributed by atoms with Crippen molar-refractivity contribution in [3.63, 3.8) is 0 Å². The first kappa shape index (κ1) is 9.15. The summed E-state index contributed by atoms with van der Waals surface area (Å²) in [5, 5.41) is 3.05. The second kappa shape index (κ2) is 4.18. The standard InChI is InChI=1S/C7H10N2O2S/c1-9(11-2)7(10)3-6-4-8-12-5-6/h4-5H,3H2,1-2H3. The highest BCUT2D eigenvalue weighted by atomic mass is 32.1. The average molecular weight is 186 g/mol. The van der Waals surface area contributed by atoms with Gasteiger partial charge in [0.1, 0.15) is 0 Å². The summed E-state index contributed by atoms with van der Waals surface area (Å²) in [5.41, 5.74) is 0.925. The molecule has 1 amide bonds. The van der Waals surface area contributed by atoms with Gasteiger partial charge in [0.25, 0.3) is 0 Å². The van der Waals surface area contributed by atoms with Crippen molar-refractivity contribution >= 4 is 17.4 Å². The van der Waals surface area contributed by atoms with Gasteiger partial charge < -0.3 is 0 Å². The second-order valence-corrected chi connectivity index (χ2v) is 2.94. The van der Waals surface area contributed by atoms with Crippen LogP contribution in [0.15, 0.2) is 11.6 Å². The molecule has 0 spiro atoms. The first-order valence-corrected chi connectivity index (χ1v) is 4.26. The fourth-order valence-corrected chi connectivity index (χ4v) is 1.24. The molecule has 0 fully saturated rings. The normalized spacial score (nSPS) is 9.83. The molecular formula is C7H10N2O2S. The molecule has 1 heterocycles. The van der Waals surface area contributed by atoms with E-state index in [1.165, 1.54) is 23.7 Å². The molecule has 0 saturated carbocycles. The quantitative estimate of drug-likeness (QED) is 0.653. The Morgan fingerprint density at radius 2 is 2.58 bits per heavy atom. The minimum absolute atomic E-state index is 0.0716. The first-order chi connectivity index (χ1) is 5.74. The van der Waals surface area contributed by atoms with Crippen molar-refractivity contribution in [2.45, 2.75) is 6.42 Å². The van der Waals surface area contributed by atoms with Gasteiger partial charge in [0.05, 0.1) is 13.5 Å². The van der Waals surface area contributed by atoms with Crippen LogP contribution >= 0.6 is 11.5 Å². The Labute approximate surface area is 74.9 Å². The molecule has 1 aromatic heterocycles. The van der Waals surface area contributed by atoms with Crippen LogP contribution in [0.4, 0.5) is 0 Å². The van der Waals surface area contributed by atoms with Gasteiger partial charge in [-0.25, -0.2) is 9.44 Å². The van der Waals surface area contributed by atoms with E-state index in [1.807, 2.05) is 5.38 Å². The van der Waals surface area contributed by atoms with Crippen LogP contribution in [0.3, 0.4) is 0 Å². The molecule has 0 saturated heterocycles. The molecule has 0 aliphatic heterocycles. The molecule has 0 bridgehead atoms. The van der Waals surface area contributed by atoms with Crippen molar-refractivity contribution in [3.8, 4) is 0 Å². The minimum Gasteiger partial charge on any atom is -0.275 e. The van der Waals surface area contributed by atoms with E-state index in [1.54, 1.807) is 13.2 Å². The van der Waals surface area contributed by atoms with Crippen LogP contribution < -0.4 is 0 Å². The van der Waals surface area contributed by atoms with Gasteiger partial charge in [0.15, 0.2) is 0 Å². The number of carbonyl (C=O) groups is 1. The van der Waals surface area contributed by atoms with E-state index >= 15 is 0 Å². The highest BCUT2D eigenvalue weighted by molar-refractivity contribution is 7.03. The number of aromatic nitrogens is 1. The van der Waals surface area contributed by atoms with E-state index < -0.39 is 0 Å². The molecule has 1 aromatic rings. The largest absolute Gasteiger partial charge is 0.275 e. The van der Waals surface area contributed by atoms with Crippen LogP contribution in [0.1, 0.15) is 5.56 Å². The predicted molar refractivity (Wildman–Crippen MR) is 45.6 cm³/mol. The van der Waals surface area contributed by atoms with E-state index in [0.29, 0.717) is 6.42 Å². The summed E-state index contributed by atoms with van der Waals surface area (Å²) in [6.07, 6.45) is 2.03. The van der Waals surface area contributed by atoms with Gasteiger partial charge >= 0.3 is 0 Å². The number of likely N-dealkylation sites (N-methyl/N-ethyl adjacent to an activating group) is 1. The molecule has 0 aliphatic carbocycles. The summed E-state index contributed by atoms with van der Waals surface area (Å²) in [5.74, 6) is -0.0716. The fraction of sp³-hybridized carbons (Fsp3) is 0.429. The van der Waals surface area contributed by atoms with Gasteiger partial charge in [-0.15, -0.1) is 0 Å². The van der Waals surface area contributed by atoms with Crippen molar-refractivity contribution in [2.75, 3.05) is 14.2 Å². The van der Waals surface area contributed by atoms with Crippen LogP contribution in [-0.2, 0) is 16.1 Å². The summed E-state index contributed by atoms with van der Waals surface area (Å²) in [4.78, 5) is 15.9. The lowest BCUT2D eigenvalue weighted by molar-refractivity contribution is -0.167. The van der Waals surface area contributed by atoms with Crippen molar-refractivity contribution in [1.82, 2.24) is 9.44 Å². The van der Waals surface area contributed by atoms with Crippen LogP contribution in [0.5, 0.6) is 0 Å². The van der Waals surface area contributed by atoms with Crippen molar-refractivity contribution in [1.29, 1.82) is 0 Å². The zero-order valence-corrected chi connectivity index (χ0v) is 7.80. The average Bonchev–Trinajstić information content (AvgIpc) is 2.55. The molecule has 66 valence electrons. The topological polar surface area (TPSA) is 42.4 Å². The summed E-state index contributed by atoms with van der Waals surface area (Å²) in [6, 6.07) is 0. The number of nitrogens with zero attached hydrogens (tertiary/aromatic N) is 2. The Bertz CT molecular complexity index is 248. The second-order valence-electron chi connectivity index (χ2n) is 2.28. The monoisotopic (exact) mass is 186 g/mol. The summed E-state index contributed by atoms with van der Waals surface area (Å²) in [6.45, 7) is 0. The number of amides is 1. The van der Waals surface area contributed by atoms with E-state index in [4.69, 9.17) is 4.84 Å². The van der Waals surface area contributed by atoms with Crippen LogP contribution in [0.2, 0.25) is 0 Å². The lowest BCUT2D eigenvalue weighted by Crippen LogP contribution is -2.26. The zero-order valence-electron chi connectivity index (χ0n) is 6.98. The molecule has 0 radical (unpaired) electrons. The van der Waals surface area contributed by atoms with E-state index in [0.717, 1.165) is 5.56 Å². The van der Waals surface area contributed by atoms with Crippen LogP contribution in [-0.4, -0.2) is 29.5 Å². The van der Waals surface area contributed by atoms with Gasteiger partial charge in [0, 0.05) is 18.6 Å². The molecule has 4 nitrogen and oxygen atoms in total. The Morgan fingerprint density at radius 1 is 1.83 bits per heavy atom. The zero-order chi connectivity index (χ0) is 8.97. The number of rotatable bonds is 3. The summed E-state index contributed by atoms with van der Waals surface area (Å²) in [7, 11) is 3.05. The molecular weight excluding hydrogens is 176 g/mol. The van der Waals surface area contributed by atoms with Gasteiger partial charge in [-0.3, -0.25) is 9.63 Å². The lowest BCUT2D eigenvalue weighted by Gasteiger charge is -2.12. The maximum Gasteiger partial charge on any atom is 0.250 e. The lowest BCUT2D eigenvalue weighted by atomic mass is 10.2.